The highest BCUT2D eigenvalue weighted by atomic mass is 32.1. The second-order valence-corrected chi connectivity index (χ2v) is 6.73. The smallest absolute Gasteiger partial charge is 0.312 e. The fraction of sp³-hybridized carbons (Fsp3) is 0.533. The fourth-order valence-corrected chi connectivity index (χ4v) is 3.00. The molecule has 0 fully saturated rings. The van der Waals surface area contributed by atoms with Crippen molar-refractivity contribution in [3.8, 4) is 0 Å². The van der Waals surface area contributed by atoms with Gasteiger partial charge in [-0.2, -0.15) is 0 Å². The number of amides is 3. The van der Waals surface area contributed by atoms with Gasteiger partial charge in [0.1, 0.15) is 0 Å². The molecule has 1 rings (SSSR count). The van der Waals surface area contributed by atoms with E-state index >= 15 is 0 Å². The molecule has 0 radical (unpaired) electrons. The normalized spacial score (nSPS) is 13.3. The van der Waals surface area contributed by atoms with Crippen LogP contribution in [0.3, 0.4) is 0 Å². The van der Waals surface area contributed by atoms with E-state index in [-0.39, 0.29) is 24.8 Å². The molecule has 5 N–H and O–H groups in total. The summed E-state index contributed by atoms with van der Waals surface area (Å²) in [6.45, 7) is 3.93. The summed E-state index contributed by atoms with van der Waals surface area (Å²) in [6.07, 6.45) is 0.501. The number of urea groups is 1. The van der Waals surface area contributed by atoms with E-state index in [0.29, 0.717) is 6.42 Å². The van der Waals surface area contributed by atoms with E-state index in [4.69, 9.17) is 10.8 Å². The molecule has 128 valence electrons. The first-order valence-corrected chi connectivity index (χ1v) is 8.26. The van der Waals surface area contributed by atoms with Gasteiger partial charge in [-0.1, -0.05) is 19.9 Å². The number of aliphatic carboxylic acids is 1. The van der Waals surface area contributed by atoms with Gasteiger partial charge in [0.25, 0.3) is 0 Å². The summed E-state index contributed by atoms with van der Waals surface area (Å²) in [5, 5.41) is 16.2. The highest BCUT2D eigenvalue weighted by Gasteiger charge is 2.22. The summed E-state index contributed by atoms with van der Waals surface area (Å²) in [5.74, 6) is -1.65. The maximum Gasteiger partial charge on any atom is 0.312 e. The van der Waals surface area contributed by atoms with Crippen molar-refractivity contribution in [2.75, 3.05) is 6.54 Å². The van der Waals surface area contributed by atoms with E-state index in [1.165, 1.54) is 11.3 Å². The summed E-state index contributed by atoms with van der Waals surface area (Å²) in [5.41, 5.74) is 5.14. The summed E-state index contributed by atoms with van der Waals surface area (Å²) >= 11 is 1.41. The van der Waals surface area contributed by atoms with Gasteiger partial charge in [-0.25, -0.2) is 4.79 Å². The second-order valence-electron chi connectivity index (χ2n) is 5.75. The van der Waals surface area contributed by atoms with Crippen LogP contribution in [0.1, 0.15) is 37.6 Å². The lowest BCUT2D eigenvalue weighted by Crippen LogP contribution is -2.38. The Bertz CT molecular complexity index is 531. The summed E-state index contributed by atoms with van der Waals surface area (Å²) in [4.78, 5) is 35.1. The Labute approximate surface area is 139 Å². The molecular weight excluding hydrogens is 318 g/mol. The molecule has 0 spiro atoms. The summed E-state index contributed by atoms with van der Waals surface area (Å²) in [6, 6.07) is 2.40. The number of nitrogens with two attached hydrogens (primary N) is 1. The van der Waals surface area contributed by atoms with Crippen molar-refractivity contribution < 1.29 is 19.5 Å². The number of primary amides is 1. The molecule has 0 aliphatic carbocycles. The van der Waals surface area contributed by atoms with Crippen LogP contribution in [0.5, 0.6) is 0 Å². The average Bonchev–Trinajstić information content (AvgIpc) is 2.95. The van der Waals surface area contributed by atoms with Crippen molar-refractivity contribution in [1.82, 2.24) is 10.6 Å². The van der Waals surface area contributed by atoms with Crippen LogP contribution in [-0.4, -0.2) is 29.6 Å². The zero-order valence-corrected chi connectivity index (χ0v) is 14.1. The van der Waals surface area contributed by atoms with Crippen molar-refractivity contribution in [3.05, 3.63) is 22.4 Å². The Morgan fingerprint density at radius 3 is 2.52 bits per heavy atom. The largest absolute Gasteiger partial charge is 0.481 e. The lowest BCUT2D eigenvalue weighted by Gasteiger charge is -2.18. The van der Waals surface area contributed by atoms with Gasteiger partial charge in [0, 0.05) is 11.4 Å². The van der Waals surface area contributed by atoms with Gasteiger partial charge < -0.3 is 21.5 Å². The molecule has 0 aliphatic rings. The van der Waals surface area contributed by atoms with Gasteiger partial charge in [-0.15, -0.1) is 11.3 Å². The number of carbonyl (C=O) groups excluding carboxylic acids is 2. The SMILES string of the molecule is CC(C)CC(CNC(=O)CC(NC(N)=O)c1cccs1)C(=O)O. The quantitative estimate of drug-likeness (QED) is 0.546. The second kappa shape index (κ2) is 9.14. The molecule has 1 aromatic heterocycles. The molecule has 0 aromatic carbocycles. The third kappa shape index (κ3) is 7.14. The third-order valence-electron chi connectivity index (χ3n) is 3.24. The van der Waals surface area contributed by atoms with Crippen molar-refractivity contribution in [2.24, 2.45) is 17.6 Å². The predicted molar refractivity (Wildman–Crippen MR) is 88.0 cm³/mol. The lowest BCUT2D eigenvalue weighted by molar-refractivity contribution is -0.142. The number of rotatable bonds is 9. The van der Waals surface area contributed by atoms with Crippen LogP contribution >= 0.6 is 11.3 Å². The first kappa shape index (κ1) is 19.0. The van der Waals surface area contributed by atoms with E-state index in [9.17, 15) is 14.4 Å². The van der Waals surface area contributed by atoms with Gasteiger partial charge in [0.05, 0.1) is 18.4 Å². The number of thiophene rings is 1. The Kier molecular flexibility index (Phi) is 7.53. The minimum atomic E-state index is -0.927. The standard InChI is InChI=1S/C15H23N3O4S/c1-9(2)6-10(14(20)21)8-17-13(19)7-11(18-15(16)22)12-4-3-5-23-12/h3-5,9-11H,6-8H2,1-2H3,(H,17,19)(H,20,21)(H3,16,18,22). The van der Waals surface area contributed by atoms with Gasteiger partial charge >= 0.3 is 12.0 Å². The minimum Gasteiger partial charge on any atom is -0.481 e. The highest BCUT2D eigenvalue weighted by Crippen LogP contribution is 2.22. The Hall–Kier alpha value is -2.09. The van der Waals surface area contributed by atoms with Gasteiger partial charge in [-0.3, -0.25) is 9.59 Å². The van der Waals surface area contributed by atoms with E-state index in [2.05, 4.69) is 10.6 Å². The molecule has 2 unspecified atom stereocenters. The minimum absolute atomic E-state index is 0.0114. The maximum absolute atomic E-state index is 12.1. The van der Waals surface area contributed by atoms with Crippen molar-refractivity contribution >= 4 is 29.2 Å². The van der Waals surface area contributed by atoms with E-state index in [1.807, 2.05) is 25.3 Å². The molecule has 0 saturated heterocycles. The van der Waals surface area contributed by atoms with Gasteiger partial charge in [0.2, 0.25) is 5.91 Å². The molecule has 0 aliphatic heterocycles. The Morgan fingerprint density at radius 1 is 1.35 bits per heavy atom. The third-order valence-corrected chi connectivity index (χ3v) is 4.23. The van der Waals surface area contributed by atoms with Crippen LogP contribution in [0.15, 0.2) is 17.5 Å². The van der Waals surface area contributed by atoms with Crippen molar-refractivity contribution in [3.63, 3.8) is 0 Å². The number of hydrogen-bond donors (Lipinski definition) is 4. The topological polar surface area (TPSA) is 122 Å². The zero-order chi connectivity index (χ0) is 17.4. The van der Waals surface area contributed by atoms with Crippen molar-refractivity contribution in [2.45, 2.75) is 32.7 Å². The molecule has 8 heteroatoms. The van der Waals surface area contributed by atoms with Gasteiger partial charge in [0.15, 0.2) is 0 Å². The monoisotopic (exact) mass is 341 g/mol. The molecule has 1 heterocycles. The lowest BCUT2D eigenvalue weighted by atomic mass is 9.97. The summed E-state index contributed by atoms with van der Waals surface area (Å²) in [7, 11) is 0. The predicted octanol–water partition coefficient (Wildman–Crippen LogP) is 1.71. The van der Waals surface area contributed by atoms with E-state index in [1.54, 1.807) is 6.07 Å². The number of carbonyl (C=O) groups is 3. The Morgan fingerprint density at radius 2 is 2.04 bits per heavy atom. The first-order chi connectivity index (χ1) is 10.8. The Balaban J connectivity index is 2.58. The van der Waals surface area contributed by atoms with E-state index in [0.717, 1.165) is 4.88 Å². The van der Waals surface area contributed by atoms with Crippen LogP contribution in [0, 0.1) is 11.8 Å². The molecule has 1 aromatic rings. The zero-order valence-electron chi connectivity index (χ0n) is 13.2. The molecule has 23 heavy (non-hydrogen) atoms. The van der Waals surface area contributed by atoms with Crippen LogP contribution in [0.4, 0.5) is 4.79 Å². The first-order valence-electron chi connectivity index (χ1n) is 7.38. The number of carboxylic acid groups (broad SMARTS) is 1. The van der Waals surface area contributed by atoms with Crippen LogP contribution in [-0.2, 0) is 9.59 Å². The average molecular weight is 341 g/mol. The molecule has 2 atom stereocenters. The number of hydrogen-bond acceptors (Lipinski definition) is 4. The van der Waals surface area contributed by atoms with Crippen LogP contribution < -0.4 is 16.4 Å². The molecule has 3 amide bonds. The fourth-order valence-electron chi connectivity index (χ4n) is 2.22. The van der Waals surface area contributed by atoms with Crippen LogP contribution in [0.25, 0.3) is 0 Å². The molecule has 0 bridgehead atoms. The highest BCUT2D eigenvalue weighted by molar-refractivity contribution is 7.10. The molecule has 0 saturated carbocycles. The number of nitrogens with one attached hydrogen (secondary N) is 2. The maximum atomic E-state index is 12.1. The number of carboxylic acids is 1. The van der Waals surface area contributed by atoms with Gasteiger partial charge in [-0.05, 0) is 23.8 Å². The van der Waals surface area contributed by atoms with Crippen LogP contribution in [0.2, 0.25) is 0 Å². The molecular formula is C15H23N3O4S. The molecule has 7 nitrogen and oxygen atoms in total. The van der Waals surface area contributed by atoms with E-state index < -0.39 is 24.0 Å². The van der Waals surface area contributed by atoms with Crippen molar-refractivity contribution in [1.29, 1.82) is 0 Å². The summed E-state index contributed by atoms with van der Waals surface area (Å²) < 4.78 is 0.